The molecule has 0 fully saturated rings. The number of nitrogens with zero attached hydrogens (tertiary/aromatic N) is 2. The monoisotopic (exact) mass is 152 g/mol. The number of hydrogen-bond donors (Lipinski definition) is 0. The molecule has 2 heteroatoms. The van der Waals surface area contributed by atoms with Crippen molar-refractivity contribution in [2.45, 2.75) is 20.8 Å². The van der Waals surface area contributed by atoms with Crippen molar-refractivity contribution in [2.24, 2.45) is 15.9 Å². The molecular weight excluding hydrogens is 136 g/mol. The molecule has 0 spiro atoms. The van der Waals surface area contributed by atoms with Gasteiger partial charge in [-0.25, -0.2) is 0 Å². The first kappa shape index (κ1) is 10.1. The molecule has 0 bridgehead atoms. The van der Waals surface area contributed by atoms with Crippen molar-refractivity contribution in [1.82, 2.24) is 0 Å². The van der Waals surface area contributed by atoms with Gasteiger partial charge in [-0.05, 0) is 12.8 Å². The Morgan fingerprint density at radius 1 is 1.27 bits per heavy atom. The van der Waals surface area contributed by atoms with Crippen molar-refractivity contribution in [3.05, 3.63) is 11.8 Å². The lowest BCUT2D eigenvalue weighted by atomic mass is 10.1. The summed E-state index contributed by atoms with van der Waals surface area (Å²) >= 11 is 0. The van der Waals surface area contributed by atoms with Crippen LogP contribution < -0.4 is 0 Å². The van der Waals surface area contributed by atoms with Crippen LogP contribution in [0.4, 0.5) is 0 Å². The number of rotatable bonds is 3. The maximum atomic E-state index is 4.22. The molecule has 0 atom stereocenters. The summed E-state index contributed by atoms with van der Waals surface area (Å²) in [6.45, 7) is 6.24. The predicted octanol–water partition coefficient (Wildman–Crippen LogP) is 2.32. The van der Waals surface area contributed by atoms with Crippen LogP contribution >= 0.6 is 0 Å². The van der Waals surface area contributed by atoms with Gasteiger partial charge in [0.25, 0.3) is 0 Å². The van der Waals surface area contributed by atoms with Crippen LogP contribution in [0, 0.1) is 5.92 Å². The Hall–Kier alpha value is -0.920. The first-order chi connectivity index (χ1) is 5.22. The van der Waals surface area contributed by atoms with Gasteiger partial charge in [0.1, 0.15) is 0 Å². The molecular formula is C9H16N2. The Bertz CT molecular complexity index is 176. The van der Waals surface area contributed by atoms with E-state index >= 15 is 0 Å². The van der Waals surface area contributed by atoms with E-state index in [1.807, 2.05) is 13.0 Å². The first-order valence-electron chi connectivity index (χ1n) is 3.83. The van der Waals surface area contributed by atoms with Crippen LogP contribution in [0.25, 0.3) is 0 Å². The van der Waals surface area contributed by atoms with Crippen molar-refractivity contribution in [2.75, 3.05) is 7.05 Å². The summed E-state index contributed by atoms with van der Waals surface area (Å²) < 4.78 is 0. The molecule has 0 aromatic rings. The Morgan fingerprint density at radius 3 is 2.27 bits per heavy atom. The maximum absolute atomic E-state index is 4.22. The van der Waals surface area contributed by atoms with E-state index in [4.69, 9.17) is 0 Å². The van der Waals surface area contributed by atoms with E-state index in [1.165, 1.54) is 0 Å². The van der Waals surface area contributed by atoms with Crippen molar-refractivity contribution < 1.29 is 0 Å². The summed E-state index contributed by atoms with van der Waals surface area (Å²) in [6, 6.07) is 0. The largest absolute Gasteiger partial charge is 0.295 e. The van der Waals surface area contributed by atoms with Crippen molar-refractivity contribution in [3.63, 3.8) is 0 Å². The van der Waals surface area contributed by atoms with E-state index in [1.54, 1.807) is 19.5 Å². The highest BCUT2D eigenvalue weighted by Crippen LogP contribution is 2.08. The molecule has 0 aromatic carbocycles. The smallest absolute Gasteiger partial charge is 0.0449 e. The summed E-state index contributed by atoms with van der Waals surface area (Å²) in [4.78, 5) is 8.02. The molecule has 0 amide bonds. The highest BCUT2D eigenvalue weighted by Gasteiger charge is 1.96. The lowest BCUT2D eigenvalue weighted by Crippen LogP contribution is -1.90. The van der Waals surface area contributed by atoms with Gasteiger partial charge < -0.3 is 0 Å². The second-order valence-electron chi connectivity index (χ2n) is 2.55. The van der Waals surface area contributed by atoms with Gasteiger partial charge in [-0.1, -0.05) is 19.9 Å². The van der Waals surface area contributed by atoms with Gasteiger partial charge in [0.2, 0.25) is 0 Å². The predicted molar refractivity (Wildman–Crippen MR) is 51.5 cm³/mol. The molecule has 0 aliphatic rings. The minimum Gasteiger partial charge on any atom is -0.295 e. The normalized spacial score (nSPS) is 14.1. The molecule has 0 N–H and O–H groups in total. The van der Waals surface area contributed by atoms with Crippen LogP contribution in [0.5, 0.6) is 0 Å². The Kier molecular flexibility index (Phi) is 5.35. The molecule has 11 heavy (non-hydrogen) atoms. The van der Waals surface area contributed by atoms with E-state index in [9.17, 15) is 0 Å². The van der Waals surface area contributed by atoms with Gasteiger partial charge in [0, 0.05) is 25.2 Å². The lowest BCUT2D eigenvalue weighted by Gasteiger charge is -2.02. The molecule has 0 aliphatic carbocycles. The molecule has 62 valence electrons. The molecule has 0 radical (unpaired) electrons. The third-order valence-electron chi connectivity index (χ3n) is 1.33. The molecule has 0 saturated heterocycles. The van der Waals surface area contributed by atoms with Crippen LogP contribution in [-0.2, 0) is 0 Å². The first-order valence-corrected chi connectivity index (χ1v) is 3.83. The van der Waals surface area contributed by atoms with Crippen LogP contribution in [0.3, 0.4) is 0 Å². The highest BCUT2D eigenvalue weighted by molar-refractivity contribution is 6.16. The summed E-state index contributed by atoms with van der Waals surface area (Å²) in [5.74, 6) is 0.488. The Morgan fingerprint density at radius 2 is 1.91 bits per heavy atom. The Balaban J connectivity index is 4.10. The number of aliphatic imine (C=N–C) groups is 2. The average Bonchev–Trinajstić information content (AvgIpc) is 1.97. The second kappa shape index (κ2) is 5.83. The highest BCUT2D eigenvalue weighted by atomic mass is 14.8. The summed E-state index contributed by atoms with van der Waals surface area (Å²) in [6.07, 6.45) is 5.42. The molecule has 0 unspecified atom stereocenters. The minimum atomic E-state index is 0.488. The third kappa shape index (κ3) is 4.48. The van der Waals surface area contributed by atoms with Crippen LogP contribution in [0.1, 0.15) is 20.8 Å². The fourth-order valence-electron chi connectivity index (χ4n) is 0.743. The van der Waals surface area contributed by atoms with E-state index < -0.39 is 0 Å². The van der Waals surface area contributed by atoms with Crippen molar-refractivity contribution >= 4 is 12.4 Å². The molecule has 0 rings (SSSR count). The van der Waals surface area contributed by atoms with E-state index in [0.717, 1.165) is 5.70 Å². The van der Waals surface area contributed by atoms with Gasteiger partial charge in [0.05, 0.1) is 0 Å². The van der Waals surface area contributed by atoms with Crippen LogP contribution in [0.2, 0.25) is 0 Å². The van der Waals surface area contributed by atoms with E-state index in [0.29, 0.717) is 5.92 Å². The fraction of sp³-hybridized carbons (Fsp3) is 0.556. The van der Waals surface area contributed by atoms with Gasteiger partial charge in [-0.15, -0.1) is 0 Å². The minimum absolute atomic E-state index is 0.488. The van der Waals surface area contributed by atoms with E-state index in [-0.39, 0.29) is 0 Å². The number of allylic oxidation sites excluding steroid dienone is 2. The van der Waals surface area contributed by atoms with Gasteiger partial charge >= 0.3 is 0 Å². The van der Waals surface area contributed by atoms with Gasteiger partial charge in [0.15, 0.2) is 0 Å². The SMILES string of the molecule is C/C=C(/N=C\C=N/C)C(C)C. The topological polar surface area (TPSA) is 24.7 Å². The molecule has 0 heterocycles. The molecule has 0 saturated carbocycles. The zero-order chi connectivity index (χ0) is 8.69. The average molecular weight is 152 g/mol. The van der Waals surface area contributed by atoms with Crippen molar-refractivity contribution in [3.8, 4) is 0 Å². The van der Waals surface area contributed by atoms with Crippen LogP contribution in [0.15, 0.2) is 21.8 Å². The summed E-state index contributed by atoms with van der Waals surface area (Å²) in [5, 5.41) is 0. The lowest BCUT2D eigenvalue weighted by molar-refractivity contribution is 0.757. The zero-order valence-corrected chi connectivity index (χ0v) is 7.70. The molecule has 0 aromatic heterocycles. The summed E-state index contributed by atoms with van der Waals surface area (Å²) in [7, 11) is 1.73. The van der Waals surface area contributed by atoms with Crippen molar-refractivity contribution in [1.29, 1.82) is 0 Å². The number of hydrogen-bond acceptors (Lipinski definition) is 2. The fourth-order valence-corrected chi connectivity index (χ4v) is 0.743. The second-order valence-corrected chi connectivity index (χ2v) is 2.55. The maximum Gasteiger partial charge on any atom is 0.0449 e. The molecule has 0 aliphatic heterocycles. The zero-order valence-electron chi connectivity index (χ0n) is 7.70. The van der Waals surface area contributed by atoms with E-state index in [2.05, 4.69) is 23.8 Å². The molecule has 2 nitrogen and oxygen atoms in total. The third-order valence-corrected chi connectivity index (χ3v) is 1.33. The van der Waals surface area contributed by atoms with Gasteiger partial charge in [-0.3, -0.25) is 9.98 Å². The van der Waals surface area contributed by atoms with Crippen LogP contribution in [-0.4, -0.2) is 19.5 Å². The standard InChI is InChI=1S/C9H16N2/c1-5-9(8(2)3)11-7-6-10-4/h5-8H,1-4H3/b9-5+,10-6-,11-7-. The van der Waals surface area contributed by atoms with Gasteiger partial charge in [-0.2, -0.15) is 0 Å². The Labute approximate surface area is 68.8 Å². The quantitative estimate of drug-likeness (QED) is 0.554. The summed E-state index contributed by atoms with van der Waals surface area (Å²) in [5.41, 5.74) is 1.10.